The lowest BCUT2D eigenvalue weighted by molar-refractivity contribution is -0.144. The summed E-state index contributed by atoms with van der Waals surface area (Å²) in [5.41, 5.74) is 2.54. The number of nitrogens with one attached hydrogen (secondary N) is 1. The summed E-state index contributed by atoms with van der Waals surface area (Å²) in [6.07, 6.45) is 6.35. The van der Waals surface area contributed by atoms with E-state index in [1.165, 1.54) is 21.9 Å². The highest BCUT2D eigenvalue weighted by Gasteiger charge is 2.62. The van der Waals surface area contributed by atoms with E-state index in [1.807, 2.05) is 0 Å². The summed E-state index contributed by atoms with van der Waals surface area (Å²) in [7, 11) is 0. The molecule has 0 radical (unpaired) electrons. The number of hydrogen-bond acceptors (Lipinski definition) is 4. The van der Waals surface area contributed by atoms with E-state index in [4.69, 9.17) is 9.47 Å². The molecule has 2 aliphatic heterocycles. The van der Waals surface area contributed by atoms with Crippen molar-refractivity contribution in [3.63, 3.8) is 0 Å². The van der Waals surface area contributed by atoms with Crippen molar-refractivity contribution < 1.29 is 14.3 Å². The Kier molecular flexibility index (Phi) is 5.16. The van der Waals surface area contributed by atoms with Gasteiger partial charge < -0.3 is 14.8 Å². The van der Waals surface area contributed by atoms with Gasteiger partial charge in [-0.2, -0.15) is 0 Å². The van der Waals surface area contributed by atoms with Gasteiger partial charge in [-0.15, -0.1) is 0 Å². The zero-order chi connectivity index (χ0) is 20.7. The Morgan fingerprint density at radius 3 is 2.90 bits per heavy atom. The molecule has 5 rings (SSSR count). The Hall–Kier alpha value is -2.17. The molecular formula is C26H31NO3. The van der Waals surface area contributed by atoms with Crippen LogP contribution in [0.1, 0.15) is 45.1 Å². The van der Waals surface area contributed by atoms with Crippen LogP contribution in [0.5, 0.6) is 0 Å². The number of carbonyl (C=O) groups is 1. The molecule has 4 heteroatoms. The number of hydrogen-bond donors (Lipinski definition) is 1. The minimum atomic E-state index is -0.136. The van der Waals surface area contributed by atoms with Crippen LogP contribution >= 0.6 is 0 Å². The molecule has 0 bridgehead atoms. The molecule has 30 heavy (non-hydrogen) atoms. The van der Waals surface area contributed by atoms with Crippen molar-refractivity contribution in [1.29, 1.82) is 0 Å². The summed E-state index contributed by atoms with van der Waals surface area (Å²) in [6, 6.07) is 14.8. The molecule has 2 aromatic carbocycles. The monoisotopic (exact) mass is 405 g/mol. The molecule has 158 valence electrons. The topological polar surface area (TPSA) is 50.9 Å². The number of fused-ring (bicyclic) bond motifs is 4. The zero-order valence-electron chi connectivity index (χ0n) is 17.9. The van der Waals surface area contributed by atoms with Crippen molar-refractivity contribution in [2.75, 3.05) is 6.54 Å². The van der Waals surface area contributed by atoms with Crippen LogP contribution in [-0.2, 0) is 20.8 Å². The third-order valence-electron chi connectivity index (χ3n) is 7.30. The Morgan fingerprint density at radius 2 is 2.00 bits per heavy atom. The summed E-state index contributed by atoms with van der Waals surface area (Å²) < 4.78 is 12.0. The third kappa shape index (κ3) is 3.67. The fourth-order valence-corrected chi connectivity index (χ4v) is 5.38. The minimum absolute atomic E-state index is 0.0568. The molecule has 0 saturated carbocycles. The lowest BCUT2D eigenvalue weighted by atomic mass is 9.80. The van der Waals surface area contributed by atoms with Gasteiger partial charge in [0.05, 0.1) is 11.5 Å². The average molecular weight is 406 g/mol. The number of epoxide rings is 1. The first kappa shape index (κ1) is 19.8. The summed E-state index contributed by atoms with van der Waals surface area (Å²) in [5, 5.41) is 6.07. The van der Waals surface area contributed by atoms with E-state index in [1.54, 1.807) is 0 Å². The van der Waals surface area contributed by atoms with E-state index in [0.717, 1.165) is 32.2 Å². The highest BCUT2D eigenvalue weighted by molar-refractivity contribution is 5.85. The number of benzene rings is 2. The molecule has 1 aliphatic carbocycles. The Bertz CT molecular complexity index is 978. The first-order chi connectivity index (χ1) is 14.5. The van der Waals surface area contributed by atoms with Gasteiger partial charge in [0, 0.05) is 19.0 Å². The second-order valence-corrected chi connectivity index (χ2v) is 9.42. The number of carbonyl (C=O) groups excluding carboxylic acids is 1. The van der Waals surface area contributed by atoms with Crippen molar-refractivity contribution >= 4 is 16.7 Å². The van der Waals surface area contributed by atoms with Crippen molar-refractivity contribution in [3.8, 4) is 0 Å². The molecule has 0 unspecified atom stereocenters. The molecule has 2 heterocycles. The van der Waals surface area contributed by atoms with Gasteiger partial charge in [0.1, 0.15) is 12.2 Å². The van der Waals surface area contributed by atoms with Gasteiger partial charge in [-0.1, -0.05) is 54.1 Å². The van der Waals surface area contributed by atoms with E-state index in [-0.39, 0.29) is 35.6 Å². The predicted molar refractivity (Wildman–Crippen MR) is 118 cm³/mol. The molecule has 1 N–H and O–H groups in total. The van der Waals surface area contributed by atoms with Crippen molar-refractivity contribution in [3.05, 3.63) is 59.7 Å². The van der Waals surface area contributed by atoms with Crippen molar-refractivity contribution in [1.82, 2.24) is 5.32 Å². The third-order valence-corrected chi connectivity index (χ3v) is 7.30. The Labute approximate surface area is 178 Å². The van der Waals surface area contributed by atoms with Crippen LogP contribution in [0.25, 0.3) is 10.8 Å². The maximum absolute atomic E-state index is 12.8. The quantitative estimate of drug-likeness (QED) is 0.452. The molecule has 2 saturated heterocycles. The predicted octanol–water partition coefficient (Wildman–Crippen LogP) is 4.77. The van der Waals surface area contributed by atoms with E-state index in [0.29, 0.717) is 6.54 Å². The van der Waals surface area contributed by atoms with Gasteiger partial charge in [0.25, 0.3) is 0 Å². The second-order valence-electron chi connectivity index (χ2n) is 9.42. The van der Waals surface area contributed by atoms with Crippen molar-refractivity contribution in [2.24, 2.45) is 11.8 Å². The lowest BCUT2D eigenvalue weighted by Crippen LogP contribution is -2.34. The fourth-order valence-electron chi connectivity index (χ4n) is 5.38. The normalized spacial score (nSPS) is 35.1. The van der Waals surface area contributed by atoms with Crippen LogP contribution in [-0.4, -0.2) is 30.3 Å². The molecule has 4 nitrogen and oxygen atoms in total. The summed E-state index contributed by atoms with van der Waals surface area (Å²) in [5.74, 6) is 0.0468. The first-order valence-corrected chi connectivity index (χ1v) is 11.3. The first-order valence-electron chi connectivity index (χ1n) is 11.3. The number of esters is 1. The highest BCUT2D eigenvalue weighted by atomic mass is 16.6. The molecule has 0 aromatic heterocycles. The van der Waals surface area contributed by atoms with Crippen LogP contribution in [0.15, 0.2) is 54.1 Å². The SMILES string of the molecule is C/C1=C\CC[C@@]2(C)O[C@@H]2[C@H]2OC(=O)[C@@H](CNCc3cccc4ccccc34)[C@@H]2CC1. The van der Waals surface area contributed by atoms with E-state index in [2.05, 4.69) is 67.7 Å². The van der Waals surface area contributed by atoms with Gasteiger partial charge in [-0.25, -0.2) is 0 Å². The summed E-state index contributed by atoms with van der Waals surface area (Å²) in [4.78, 5) is 12.8. The summed E-state index contributed by atoms with van der Waals surface area (Å²) >= 11 is 0. The molecule has 0 amide bonds. The number of allylic oxidation sites excluding steroid dienone is 2. The maximum atomic E-state index is 12.8. The molecular weight excluding hydrogens is 374 g/mol. The second kappa shape index (κ2) is 7.82. The summed E-state index contributed by atoms with van der Waals surface area (Å²) in [6.45, 7) is 5.77. The van der Waals surface area contributed by atoms with Gasteiger partial charge in [0.15, 0.2) is 0 Å². The van der Waals surface area contributed by atoms with E-state index >= 15 is 0 Å². The average Bonchev–Trinajstić information content (AvgIpc) is 3.31. The van der Waals surface area contributed by atoms with Gasteiger partial charge >= 0.3 is 5.97 Å². The minimum Gasteiger partial charge on any atom is -0.459 e. The molecule has 3 aliphatic rings. The number of rotatable bonds is 4. The molecule has 5 atom stereocenters. The van der Waals surface area contributed by atoms with Gasteiger partial charge in [-0.3, -0.25) is 4.79 Å². The molecule has 2 fully saturated rings. The fraction of sp³-hybridized carbons (Fsp3) is 0.500. The largest absolute Gasteiger partial charge is 0.459 e. The smallest absolute Gasteiger partial charge is 0.311 e. The lowest BCUT2D eigenvalue weighted by Gasteiger charge is -2.22. The van der Waals surface area contributed by atoms with Crippen LogP contribution in [0.2, 0.25) is 0 Å². The van der Waals surface area contributed by atoms with E-state index in [9.17, 15) is 4.79 Å². The van der Waals surface area contributed by atoms with Gasteiger partial charge in [0.2, 0.25) is 0 Å². The van der Waals surface area contributed by atoms with Crippen LogP contribution < -0.4 is 5.32 Å². The number of ether oxygens (including phenoxy) is 2. The Morgan fingerprint density at radius 1 is 1.17 bits per heavy atom. The van der Waals surface area contributed by atoms with E-state index < -0.39 is 0 Å². The highest BCUT2D eigenvalue weighted by Crippen LogP contribution is 2.50. The van der Waals surface area contributed by atoms with Crippen molar-refractivity contribution in [2.45, 2.75) is 63.9 Å². The zero-order valence-corrected chi connectivity index (χ0v) is 17.9. The van der Waals surface area contributed by atoms with Gasteiger partial charge in [-0.05, 0) is 55.9 Å². The van der Waals surface area contributed by atoms with Crippen LogP contribution in [0.3, 0.4) is 0 Å². The molecule has 0 spiro atoms. The standard InChI is InChI=1S/C26H31NO3/c1-17-7-6-14-26(2)24(30-26)23-21(13-12-17)22(25(28)29-23)16-27-15-19-10-5-9-18-8-3-4-11-20(18)19/h3-5,7-11,21-24,27H,6,12-16H2,1-2H3/b17-7+/t21-,22-,23-,24+,26+/m0/s1. The van der Waals surface area contributed by atoms with Crippen LogP contribution in [0.4, 0.5) is 0 Å². The van der Waals surface area contributed by atoms with Crippen LogP contribution in [0, 0.1) is 11.8 Å². The molecule has 2 aromatic rings. The maximum Gasteiger partial charge on any atom is 0.311 e. The Balaban J connectivity index is 1.30.